The van der Waals surface area contributed by atoms with Crippen molar-refractivity contribution >= 4 is 64.1 Å². The average molecular weight is 552 g/mol. The standard InChI is InChI=1S/C25H20ClN6O3S2/c1-15-10-17(30-25(28)29)8-9-22(15)16-4-2-7-20(11-16)37-35-31(23-13-21(14-27)36-24(23)26)18-5-3-6-19(12-18)32(33)34/h2-13,24H,1H3,(H4,28,29,30)/q+1. The van der Waals surface area contributed by atoms with Crippen molar-refractivity contribution in [3.8, 4) is 17.2 Å². The third kappa shape index (κ3) is 6.24. The number of hydrogen-bond acceptors (Lipinski definition) is 7. The number of rotatable bonds is 7. The Balaban J connectivity index is 1.65. The van der Waals surface area contributed by atoms with Crippen molar-refractivity contribution in [2.45, 2.75) is 16.5 Å². The second-order valence-corrected chi connectivity index (χ2v) is 10.4. The molecule has 9 nitrogen and oxygen atoms in total. The maximum Gasteiger partial charge on any atom is 0.276 e. The Morgan fingerprint density at radius 3 is 2.65 bits per heavy atom. The van der Waals surface area contributed by atoms with Crippen molar-refractivity contribution < 1.29 is 13.9 Å². The van der Waals surface area contributed by atoms with Gasteiger partial charge in [-0.3, -0.25) is 15.5 Å². The summed E-state index contributed by atoms with van der Waals surface area (Å²) in [4.78, 5) is 12.0. The summed E-state index contributed by atoms with van der Waals surface area (Å²) in [6.07, 6.45) is 1.61. The van der Waals surface area contributed by atoms with Gasteiger partial charge in [0.15, 0.2) is 22.7 Å². The highest BCUT2D eigenvalue weighted by Crippen LogP contribution is 2.36. The monoisotopic (exact) mass is 551 g/mol. The number of nitrogens with one attached hydrogen (secondary N) is 2. The van der Waals surface area contributed by atoms with Crippen LogP contribution in [0.15, 0.2) is 82.6 Å². The third-order valence-electron chi connectivity index (χ3n) is 5.22. The lowest BCUT2D eigenvalue weighted by Crippen LogP contribution is -2.20. The molecule has 3 aromatic carbocycles. The Labute approximate surface area is 226 Å². The van der Waals surface area contributed by atoms with E-state index in [-0.39, 0.29) is 11.6 Å². The summed E-state index contributed by atoms with van der Waals surface area (Å²) >= 11 is 8.71. The Morgan fingerprint density at radius 1 is 1.22 bits per heavy atom. The number of hydrogen-bond donors (Lipinski definition) is 3. The highest BCUT2D eigenvalue weighted by Gasteiger charge is 2.35. The third-order valence-corrected chi connectivity index (χ3v) is 7.29. The zero-order valence-corrected chi connectivity index (χ0v) is 21.7. The zero-order valence-electron chi connectivity index (χ0n) is 19.3. The van der Waals surface area contributed by atoms with E-state index in [2.05, 4.69) is 11.4 Å². The SMILES string of the molecule is Cc1cc(NC(=N)N)ccc1-c1cccc(SO[N+](=C2C=C(C#N)SC2Cl)c2cccc([N+](=O)[O-])c2)c1. The summed E-state index contributed by atoms with van der Waals surface area (Å²) in [5, 5.41) is 30.8. The van der Waals surface area contributed by atoms with Gasteiger partial charge in [-0.15, -0.1) is 0 Å². The first kappa shape index (κ1) is 26.1. The van der Waals surface area contributed by atoms with Crippen LogP contribution in [0.25, 0.3) is 11.1 Å². The first-order valence-electron chi connectivity index (χ1n) is 10.8. The lowest BCUT2D eigenvalue weighted by Gasteiger charge is -2.11. The van der Waals surface area contributed by atoms with Crippen LogP contribution in [0.2, 0.25) is 0 Å². The summed E-state index contributed by atoms with van der Waals surface area (Å²) in [5.74, 6) is -0.134. The number of nitrogens with two attached hydrogens (primary N) is 1. The van der Waals surface area contributed by atoms with Crippen LogP contribution in [0.3, 0.4) is 0 Å². The predicted molar refractivity (Wildman–Crippen MR) is 148 cm³/mol. The van der Waals surface area contributed by atoms with Crippen LogP contribution < -0.4 is 11.1 Å². The molecule has 37 heavy (non-hydrogen) atoms. The van der Waals surface area contributed by atoms with Crippen molar-refractivity contribution in [2.75, 3.05) is 5.32 Å². The number of thioether (sulfide) groups is 1. The van der Waals surface area contributed by atoms with E-state index >= 15 is 0 Å². The number of guanidine groups is 1. The second kappa shape index (κ2) is 11.4. The molecule has 1 aliphatic heterocycles. The molecule has 1 unspecified atom stereocenters. The molecule has 0 fully saturated rings. The van der Waals surface area contributed by atoms with Gasteiger partial charge in [0.1, 0.15) is 6.07 Å². The van der Waals surface area contributed by atoms with Crippen molar-refractivity contribution in [3.63, 3.8) is 0 Å². The first-order valence-corrected chi connectivity index (χ1v) is 12.8. The van der Waals surface area contributed by atoms with Gasteiger partial charge in [-0.05, 0) is 53.9 Å². The molecule has 0 saturated heterocycles. The molecule has 0 saturated carbocycles. The number of alkyl halides is 1. The summed E-state index contributed by atoms with van der Waals surface area (Å²) in [7, 11) is 0. The number of nitro benzene ring substituents is 1. The molecular weight excluding hydrogens is 532 g/mol. The molecule has 4 N–H and O–H groups in total. The van der Waals surface area contributed by atoms with E-state index in [0.29, 0.717) is 16.3 Å². The molecule has 3 aromatic rings. The fourth-order valence-corrected chi connectivity index (χ4v) is 5.43. The number of benzene rings is 3. The fraction of sp³-hybridized carbons (Fsp3) is 0.0800. The largest absolute Gasteiger partial charge is 0.370 e. The summed E-state index contributed by atoms with van der Waals surface area (Å²) < 4.78 is 6.87. The minimum atomic E-state index is -0.606. The Kier molecular flexibility index (Phi) is 8.03. The van der Waals surface area contributed by atoms with E-state index in [1.54, 1.807) is 18.2 Å². The van der Waals surface area contributed by atoms with E-state index < -0.39 is 9.63 Å². The topological polar surface area (TPSA) is 141 Å². The molecule has 0 aromatic heterocycles. The molecular formula is C25H20ClN6O3S2+. The molecule has 0 bridgehead atoms. The number of halogens is 1. The van der Waals surface area contributed by atoms with Gasteiger partial charge in [0.25, 0.3) is 17.1 Å². The smallest absolute Gasteiger partial charge is 0.276 e. The second-order valence-electron chi connectivity index (χ2n) is 7.80. The minimum absolute atomic E-state index is 0.0989. The fourth-order valence-electron chi connectivity index (χ4n) is 3.60. The van der Waals surface area contributed by atoms with Gasteiger partial charge in [0.2, 0.25) is 0 Å². The number of nitro groups is 1. The van der Waals surface area contributed by atoms with Gasteiger partial charge in [0, 0.05) is 28.6 Å². The first-order chi connectivity index (χ1) is 17.7. The van der Waals surface area contributed by atoms with E-state index in [0.717, 1.165) is 39.3 Å². The predicted octanol–water partition coefficient (Wildman–Crippen LogP) is 6.32. The van der Waals surface area contributed by atoms with Crippen molar-refractivity contribution in [2.24, 2.45) is 5.73 Å². The number of nitriles is 1. The van der Waals surface area contributed by atoms with Crippen molar-refractivity contribution in [1.29, 1.82) is 10.7 Å². The molecule has 0 aliphatic carbocycles. The van der Waals surface area contributed by atoms with Gasteiger partial charge >= 0.3 is 0 Å². The van der Waals surface area contributed by atoms with Crippen LogP contribution >= 0.6 is 35.4 Å². The van der Waals surface area contributed by atoms with E-state index in [1.807, 2.05) is 49.4 Å². The van der Waals surface area contributed by atoms with Crippen LogP contribution in [0.5, 0.6) is 0 Å². The highest BCUT2D eigenvalue weighted by atomic mass is 35.5. The molecule has 12 heteroatoms. The Hall–Kier alpha value is -3.98. The number of nitrogens with zero attached hydrogens (tertiary/aromatic N) is 3. The number of aryl methyl sites for hydroxylation is 1. The van der Waals surface area contributed by atoms with Crippen molar-refractivity contribution in [3.05, 3.63) is 93.4 Å². The molecule has 1 heterocycles. The van der Waals surface area contributed by atoms with Crippen LogP contribution in [-0.4, -0.2) is 26.0 Å². The number of anilines is 1. The van der Waals surface area contributed by atoms with E-state index in [1.165, 1.54) is 28.6 Å². The molecule has 0 amide bonds. The van der Waals surface area contributed by atoms with Crippen LogP contribution in [0.4, 0.5) is 17.1 Å². The number of non-ortho nitro benzene ring substituents is 1. The van der Waals surface area contributed by atoms with Gasteiger partial charge < -0.3 is 11.1 Å². The normalized spacial score (nSPS) is 15.9. The van der Waals surface area contributed by atoms with E-state index in [4.69, 9.17) is 27.0 Å². The molecule has 0 radical (unpaired) electrons. The summed E-state index contributed by atoms with van der Waals surface area (Å²) in [6.45, 7) is 1.97. The van der Waals surface area contributed by atoms with Crippen LogP contribution in [0, 0.1) is 33.8 Å². The summed E-state index contributed by atoms with van der Waals surface area (Å²) in [6, 6.07) is 21.5. The molecule has 186 valence electrons. The van der Waals surface area contributed by atoms with Gasteiger partial charge in [-0.25, -0.2) is 0 Å². The molecule has 1 atom stereocenters. The maximum atomic E-state index is 11.3. The minimum Gasteiger partial charge on any atom is -0.370 e. The Morgan fingerprint density at radius 2 is 1.97 bits per heavy atom. The van der Waals surface area contributed by atoms with E-state index in [9.17, 15) is 15.4 Å². The van der Waals surface area contributed by atoms with Crippen LogP contribution in [-0.2, 0) is 4.28 Å². The van der Waals surface area contributed by atoms with Crippen molar-refractivity contribution in [1.82, 2.24) is 0 Å². The molecule has 1 aliphatic rings. The lowest BCUT2D eigenvalue weighted by atomic mass is 10.00. The van der Waals surface area contributed by atoms with Gasteiger partial charge in [0.05, 0.1) is 20.8 Å². The highest BCUT2D eigenvalue weighted by molar-refractivity contribution is 8.06. The number of allylic oxidation sites excluding steroid dienone is 2. The zero-order chi connectivity index (χ0) is 26.5. The van der Waals surface area contributed by atoms with Gasteiger partial charge in [-0.2, -0.15) is 9.55 Å². The molecule has 4 rings (SSSR count). The molecule has 0 spiro atoms. The Bertz CT molecular complexity index is 1500. The van der Waals surface area contributed by atoms with Crippen LogP contribution in [0.1, 0.15) is 5.56 Å². The lowest BCUT2D eigenvalue weighted by molar-refractivity contribution is -0.676. The quantitative estimate of drug-likeness (QED) is 0.0589. The maximum absolute atomic E-state index is 11.3. The van der Waals surface area contributed by atoms with Gasteiger partial charge in [-0.1, -0.05) is 41.6 Å². The average Bonchev–Trinajstić information content (AvgIpc) is 3.24. The summed E-state index contributed by atoms with van der Waals surface area (Å²) in [5.41, 5.74) is 9.87.